The van der Waals surface area contributed by atoms with Crippen LogP contribution >= 0.6 is 23.2 Å². The molecule has 2 aromatic rings. The lowest BCUT2D eigenvalue weighted by Gasteiger charge is -2.34. The number of carbonyl (C=O) groups excluding carboxylic acids is 1. The lowest BCUT2D eigenvalue weighted by molar-refractivity contribution is -0.112. The van der Waals surface area contributed by atoms with Crippen LogP contribution in [0.25, 0.3) is 0 Å². The molecule has 3 rings (SSSR count). The molecule has 0 bridgehead atoms. The van der Waals surface area contributed by atoms with Crippen LogP contribution < -0.4 is 15.5 Å². The van der Waals surface area contributed by atoms with Crippen LogP contribution in [0.3, 0.4) is 0 Å². The van der Waals surface area contributed by atoms with E-state index in [1.165, 1.54) is 6.20 Å². The number of nitrogens with one attached hydrogen (secondary N) is 2. The van der Waals surface area contributed by atoms with Gasteiger partial charge in [0, 0.05) is 43.8 Å². The zero-order chi connectivity index (χ0) is 20.8. The molecule has 2 aromatic carbocycles. The van der Waals surface area contributed by atoms with Crippen molar-refractivity contribution < 1.29 is 4.79 Å². The number of nitrogens with zero attached hydrogens (tertiary/aromatic N) is 3. The molecule has 1 fully saturated rings. The number of benzene rings is 2. The van der Waals surface area contributed by atoms with E-state index in [1.807, 2.05) is 30.3 Å². The SMILES string of the molecule is CN1CCN(c2ccc(N/C=C(/C#N)C(=O)Nc3cccc(Cl)c3Cl)cc2)CC1. The van der Waals surface area contributed by atoms with Crippen molar-refractivity contribution in [2.45, 2.75) is 0 Å². The Morgan fingerprint density at radius 2 is 1.79 bits per heavy atom. The van der Waals surface area contributed by atoms with E-state index >= 15 is 0 Å². The Labute approximate surface area is 180 Å². The number of piperazine rings is 1. The summed E-state index contributed by atoms with van der Waals surface area (Å²) < 4.78 is 0. The van der Waals surface area contributed by atoms with Crippen molar-refractivity contribution in [3.8, 4) is 6.07 Å². The molecular weight excluding hydrogens is 409 g/mol. The van der Waals surface area contributed by atoms with Crippen molar-refractivity contribution in [3.05, 3.63) is 64.3 Å². The minimum absolute atomic E-state index is 0.0795. The van der Waals surface area contributed by atoms with E-state index in [9.17, 15) is 10.1 Å². The molecule has 0 radical (unpaired) electrons. The normalized spacial score (nSPS) is 15.0. The molecule has 1 saturated heterocycles. The van der Waals surface area contributed by atoms with Gasteiger partial charge < -0.3 is 20.4 Å². The second kappa shape index (κ2) is 9.66. The predicted molar refractivity (Wildman–Crippen MR) is 119 cm³/mol. The maximum absolute atomic E-state index is 12.4. The summed E-state index contributed by atoms with van der Waals surface area (Å²) in [6, 6.07) is 14.7. The van der Waals surface area contributed by atoms with Gasteiger partial charge in [-0.15, -0.1) is 0 Å². The van der Waals surface area contributed by atoms with Gasteiger partial charge in [0.15, 0.2) is 0 Å². The van der Waals surface area contributed by atoms with Gasteiger partial charge in [-0.3, -0.25) is 4.79 Å². The number of nitriles is 1. The third-order valence-electron chi connectivity index (χ3n) is 4.68. The molecule has 1 aliphatic heterocycles. The van der Waals surface area contributed by atoms with Crippen LogP contribution in [0.4, 0.5) is 17.1 Å². The van der Waals surface area contributed by atoms with E-state index in [-0.39, 0.29) is 10.6 Å². The van der Waals surface area contributed by atoms with Crippen LogP contribution in [0.1, 0.15) is 0 Å². The Bertz CT molecular complexity index is 945. The van der Waals surface area contributed by atoms with Crippen molar-refractivity contribution in [3.63, 3.8) is 0 Å². The van der Waals surface area contributed by atoms with Gasteiger partial charge in [-0.1, -0.05) is 29.3 Å². The van der Waals surface area contributed by atoms with Crippen LogP contribution in [0.2, 0.25) is 10.0 Å². The Balaban J connectivity index is 1.63. The van der Waals surface area contributed by atoms with Gasteiger partial charge in [-0.05, 0) is 43.4 Å². The molecule has 2 N–H and O–H groups in total. The Hall–Kier alpha value is -2.72. The first-order valence-corrected chi connectivity index (χ1v) is 9.89. The summed E-state index contributed by atoms with van der Waals surface area (Å²) in [5.41, 5.74) is 2.21. The van der Waals surface area contributed by atoms with E-state index in [0.717, 1.165) is 37.6 Å². The van der Waals surface area contributed by atoms with Crippen LogP contribution in [0.5, 0.6) is 0 Å². The molecule has 1 heterocycles. The van der Waals surface area contributed by atoms with E-state index in [0.29, 0.717) is 10.7 Å². The first kappa shape index (κ1) is 21.0. The van der Waals surface area contributed by atoms with E-state index in [1.54, 1.807) is 18.2 Å². The van der Waals surface area contributed by atoms with Gasteiger partial charge in [0.25, 0.3) is 5.91 Å². The molecule has 6 nitrogen and oxygen atoms in total. The van der Waals surface area contributed by atoms with Crippen LogP contribution in [-0.2, 0) is 4.79 Å². The van der Waals surface area contributed by atoms with Crippen molar-refractivity contribution in [1.82, 2.24) is 4.90 Å². The second-order valence-electron chi connectivity index (χ2n) is 6.71. The Morgan fingerprint density at radius 3 is 2.45 bits per heavy atom. The third kappa shape index (κ3) is 5.42. The molecule has 0 unspecified atom stereocenters. The quantitative estimate of drug-likeness (QED) is 0.550. The molecular formula is C21H21Cl2N5O. The maximum Gasteiger partial charge on any atom is 0.267 e. The monoisotopic (exact) mass is 429 g/mol. The number of rotatable bonds is 5. The molecule has 29 heavy (non-hydrogen) atoms. The van der Waals surface area contributed by atoms with Crippen molar-refractivity contribution in [2.24, 2.45) is 0 Å². The van der Waals surface area contributed by atoms with Crippen LogP contribution in [0.15, 0.2) is 54.2 Å². The van der Waals surface area contributed by atoms with E-state index in [2.05, 4.69) is 27.5 Å². The number of hydrogen-bond donors (Lipinski definition) is 2. The average Bonchev–Trinajstić information content (AvgIpc) is 2.73. The van der Waals surface area contributed by atoms with Crippen molar-refractivity contribution in [2.75, 3.05) is 48.8 Å². The smallest absolute Gasteiger partial charge is 0.267 e. The standard InChI is InChI=1S/C21H21Cl2N5O/c1-27-9-11-28(12-10-27)17-7-5-16(6-8-17)25-14-15(13-24)21(29)26-19-4-2-3-18(22)20(19)23/h2-8,14,25H,9-12H2,1H3,(H,26,29)/b15-14-. The van der Waals surface area contributed by atoms with Crippen molar-refractivity contribution >= 4 is 46.2 Å². The molecule has 1 aliphatic rings. The Kier molecular flexibility index (Phi) is 6.99. The molecule has 0 spiro atoms. The summed E-state index contributed by atoms with van der Waals surface area (Å²) in [6.07, 6.45) is 1.37. The highest BCUT2D eigenvalue weighted by atomic mass is 35.5. The lowest BCUT2D eigenvalue weighted by atomic mass is 10.2. The zero-order valence-electron chi connectivity index (χ0n) is 16.0. The molecule has 0 aliphatic carbocycles. The first-order chi connectivity index (χ1) is 14.0. The highest BCUT2D eigenvalue weighted by Crippen LogP contribution is 2.29. The minimum Gasteiger partial charge on any atom is -0.369 e. The molecule has 0 aromatic heterocycles. The Morgan fingerprint density at radius 1 is 1.10 bits per heavy atom. The highest BCUT2D eigenvalue weighted by Gasteiger charge is 2.14. The number of anilines is 3. The predicted octanol–water partition coefficient (Wildman–Crippen LogP) is 4.20. The summed E-state index contributed by atoms with van der Waals surface area (Å²) in [7, 11) is 2.12. The molecule has 8 heteroatoms. The number of amides is 1. The van der Waals surface area contributed by atoms with Crippen LogP contribution in [0, 0.1) is 11.3 Å². The second-order valence-corrected chi connectivity index (χ2v) is 7.49. The number of likely N-dealkylation sites (N-methyl/N-ethyl adjacent to an activating group) is 1. The largest absolute Gasteiger partial charge is 0.369 e. The minimum atomic E-state index is -0.571. The molecule has 150 valence electrons. The van der Waals surface area contributed by atoms with Crippen LogP contribution in [-0.4, -0.2) is 44.0 Å². The zero-order valence-corrected chi connectivity index (χ0v) is 17.5. The molecule has 1 amide bonds. The van der Waals surface area contributed by atoms with E-state index in [4.69, 9.17) is 23.2 Å². The summed E-state index contributed by atoms with van der Waals surface area (Å²) in [6.45, 7) is 4.07. The van der Waals surface area contributed by atoms with Gasteiger partial charge in [0.05, 0.1) is 15.7 Å². The lowest BCUT2D eigenvalue weighted by Crippen LogP contribution is -2.44. The fourth-order valence-corrected chi connectivity index (χ4v) is 3.27. The van der Waals surface area contributed by atoms with Gasteiger partial charge in [-0.25, -0.2) is 0 Å². The van der Waals surface area contributed by atoms with Gasteiger partial charge >= 0.3 is 0 Å². The summed E-state index contributed by atoms with van der Waals surface area (Å²) >= 11 is 12.0. The number of halogens is 2. The maximum atomic E-state index is 12.4. The fraction of sp³-hybridized carbons (Fsp3) is 0.238. The summed E-state index contributed by atoms with van der Waals surface area (Å²) in [5, 5.41) is 15.5. The number of hydrogen-bond acceptors (Lipinski definition) is 5. The highest BCUT2D eigenvalue weighted by molar-refractivity contribution is 6.44. The molecule has 0 saturated carbocycles. The topological polar surface area (TPSA) is 71.4 Å². The van der Waals surface area contributed by atoms with E-state index < -0.39 is 5.91 Å². The summed E-state index contributed by atoms with van der Waals surface area (Å²) in [5.74, 6) is -0.571. The first-order valence-electron chi connectivity index (χ1n) is 9.13. The third-order valence-corrected chi connectivity index (χ3v) is 5.50. The van der Waals surface area contributed by atoms with Crippen molar-refractivity contribution in [1.29, 1.82) is 5.26 Å². The van der Waals surface area contributed by atoms with Gasteiger partial charge in [0.2, 0.25) is 0 Å². The van der Waals surface area contributed by atoms with Gasteiger partial charge in [0.1, 0.15) is 11.6 Å². The summed E-state index contributed by atoms with van der Waals surface area (Å²) in [4.78, 5) is 17.0. The average molecular weight is 430 g/mol. The van der Waals surface area contributed by atoms with Gasteiger partial charge in [-0.2, -0.15) is 5.26 Å². The fourth-order valence-electron chi connectivity index (χ4n) is 2.93. The molecule has 0 atom stereocenters. The number of carbonyl (C=O) groups is 1.